The quantitative estimate of drug-likeness (QED) is 0.742. The van der Waals surface area contributed by atoms with Crippen LogP contribution in [0.5, 0.6) is 0 Å². The van der Waals surface area contributed by atoms with E-state index in [9.17, 15) is 4.79 Å². The second-order valence-corrected chi connectivity index (χ2v) is 7.99. The minimum atomic E-state index is 0.148. The van der Waals surface area contributed by atoms with Crippen molar-refractivity contribution in [2.24, 2.45) is 0 Å². The number of nitrogens with zero attached hydrogens (tertiary/aromatic N) is 1. The van der Waals surface area contributed by atoms with Crippen LogP contribution in [0.4, 0.5) is 0 Å². The summed E-state index contributed by atoms with van der Waals surface area (Å²) in [4.78, 5) is 19.6. The molecule has 0 aliphatic carbocycles. The fraction of sp³-hybridized carbons (Fsp3) is 0.278. The van der Waals surface area contributed by atoms with E-state index >= 15 is 0 Å². The summed E-state index contributed by atoms with van der Waals surface area (Å²) in [5.74, 6) is 1.14. The third-order valence-corrected chi connectivity index (χ3v) is 6.75. The Kier molecular flexibility index (Phi) is 4.14. The van der Waals surface area contributed by atoms with Crippen LogP contribution in [-0.2, 0) is 0 Å². The first-order chi connectivity index (χ1) is 11.3. The van der Waals surface area contributed by atoms with E-state index in [1.165, 1.54) is 4.88 Å². The fourth-order valence-corrected chi connectivity index (χ4v) is 5.33. The number of thiophene rings is 1. The van der Waals surface area contributed by atoms with Crippen LogP contribution in [0.2, 0.25) is 0 Å². The van der Waals surface area contributed by atoms with Gasteiger partial charge in [-0.1, -0.05) is 24.3 Å². The molecule has 1 saturated heterocycles. The van der Waals surface area contributed by atoms with Gasteiger partial charge in [-0.3, -0.25) is 4.79 Å². The monoisotopic (exact) mass is 342 g/mol. The first kappa shape index (κ1) is 14.8. The summed E-state index contributed by atoms with van der Waals surface area (Å²) in [6, 6.07) is 12.3. The number of aromatic nitrogens is 1. The average Bonchev–Trinajstić information content (AvgIpc) is 3.19. The van der Waals surface area contributed by atoms with Gasteiger partial charge in [0.15, 0.2) is 0 Å². The first-order valence-electron chi connectivity index (χ1n) is 7.83. The highest BCUT2D eigenvalue weighted by Gasteiger charge is 2.24. The molecule has 0 spiro atoms. The largest absolute Gasteiger partial charge is 0.360 e. The van der Waals surface area contributed by atoms with Crippen LogP contribution in [0.3, 0.4) is 0 Å². The third-order valence-electron chi connectivity index (χ3n) is 4.31. The molecule has 3 heterocycles. The molecule has 3 nitrogen and oxygen atoms in total. The molecule has 3 aromatic rings. The molecular weight excluding hydrogens is 324 g/mol. The van der Waals surface area contributed by atoms with Gasteiger partial charge in [-0.05, 0) is 23.9 Å². The van der Waals surface area contributed by atoms with E-state index in [-0.39, 0.29) is 5.91 Å². The Hall–Kier alpha value is -1.72. The van der Waals surface area contributed by atoms with E-state index in [1.807, 2.05) is 58.5 Å². The minimum absolute atomic E-state index is 0.148. The summed E-state index contributed by atoms with van der Waals surface area (Å²) in [6.07, 6.45) is 2.88. The molecule has 5 heteroatoms. The minimum Gasteiger partial charge on any atom is -0.360 e. The number of thioether (sulfide) groups is 1. The van der Waals surface area contributed by atoms with Gasteiger partial charge in [0, 0.05) is 46.1 Å². The number of hydrogen-bond donors (Lipinski definition) is 1. The highest BCUT2D eigenvalue weighted by molar-refractivity contribution is 7.99. The van der Waals surface area contributed by atoms with Gasteiger partial charge in [-0.15, -0.1) is 11.3 Å². The van der Waals surface area contributed by atoms with Crippen molar-refractivity contribution < 1.29 is 4.79 Å². The van der Waals surface area contributed by atoms with Crippen molar-refractivity contribution in [1.29, 1.82) is 0 Å². The molecule has 0 radical (unpaired) electrons. The van der Waals surface area contributed by atoms with Gasteiger partial charge in [0.05, 0.1) is 5.56 Å². The Morgan fingerprint density at radius 2 is 2.09 bits per heavy atom. The van der Waals surface area contributed by atoms with Crippen LogP contribution >= 0.6 is 23.1 Å². The predicted octanol–water partition coefficient (Wildman–Crippen LogP) is 4.55. The zero-order chi connectivity index (χ0) is 15.6. The lowest BCUT2D eigenvalue weighted by atomic mass is 10.1. The van der Waals surface area contributed by atoms with Crippen LogP contribution in [0.15, 0.2) is 48.0 Å². The third kappa shape index (κ3) is 2.91. The molecule has 1 amide bonds. The summed E-state index contributed by atoms with van der Waals surface area (Å²) < 4.78 is 0. The van der Waals surface area contributed by atoms with Gasteiger partial charge < -0.3 is 9.88 Å². The highest BCUT2D eigenvalue weighted by Crippen LogP contribution is 2.37. The molecule has 0 unspecified atom stereocenters. The van der Waals surface area contributed by atoms with E-state index in [0.717, 1.165) is 41.7 Å². The Balaban J connectivity index is 1.53. The van der Waals surface area contributed by atoms with Gasteiger partial charge in [0.25, 0.3) is 5.91 Å². The Morgan fingerprint density at radius 1 is 1.17 bits per heavy atom. The van der Waals surface area contributed by atoms with Gasteiger partial charge in [-0.2, -0.15) is 11.8 Å². The summed E-state index contributed by atoms with van der Waals surface area (Å²) in [6.45, 7) is 1.65. The Morgan fingerprint density at radius 3 is 2.96 bits per heavy atom. The van der Waals surface area contributed by atoms with E-state index < -0.39 is 0 Å². The number of fused-ring (bicyclic) bond motifs is 1. The summed E-state index contributed by atoms with van der Waals surface area (Å²) in [7, 11) is 0. The molecule has 1 aliphatic heterocycles. The zero-order valence-corrected chi connectivity index (χ0v) is 14.3. The zero-order valence-electron chi connectivity index (χ0n) is 12.7. The first-order valence-corrected chi connectivity index (χ1v) is 9.76. The maximum Gasteiger partial charge on any atom is 0.256 e. The van der Waals surface area contributed by atoms with E-state index in [0.29, 0.717) is 5.25 Å². The van der Waals surface area contributed by atoms with Gasteiger partial charge >= 0.3 is 0 Å². The highest BCUT2D eigenvalue weighted by atomic mass is 32.2. The van der Waals surface area contributed by atoms with Crippen LogP contribution in [0.25, 0.3) is 10.9 Å². The standard InChI is InChI=1S/C18H18N2OS2/c21-18(14-12-19-15-5-2-1-4-13(14)15)20-8-7-17(23-11-9-20)16-6-3-10-22-16/h1-6,10,12,17,19H,7-9,11H2/t17-/m1/s1. The van der Waals surface area contributed by atoms with Gasteiger partial charge in [0.1, 0.15) is 0 Å². The van der Waals surface area contributed by atoms with Crippen molar-refractivity contribution in [2.75, 3.05) is 18.8 Å². The number of nitrogens with one attached hydrogen (secondary N) is 1. The lowest BCUT2D eigenvalue weighted by Crippen LogP contribution is -2.32. The molecule has 1 fully saturated rings. The Bertz CT molecular complexity index is 809. The van der Waals surface area contributed by atoms with E-state index in [2.05, 4.69) is 22.5 Å². The normalized spacial score (nSPS) is 19.0. The van der Waals surface area contributed by atoms with E-state index in [4.69, 9.17) is 0 Å². The molecule has 23 heavy (non-hydrogen) atoms. The summed E-state index contributed by atoms with van der Waals surface area (Å²) in [5.41, 5.74) is 1.82. The lowest BCUT2D eigenvalue weighted by Gasteiger charge is -2.19. The number of benzene rings is 1. The second-order valence-electron chi connectivity index (χ2n) is 5.70. The van der Waals surface area contributed by atoms with E-state index in [1.54, 1.807) is 0 Å². The number of carbonyl (C=O) groups is 1. The number of aromatic amines is 1. The number of amides is 1. The van der Waals surface area contributed by atoms with Crippen molar-refractivity contribution in [3.63, 3.8) is 0 Å². The topological polar surface area (TPSA) is 36.1 Å². The molecule has 0 bridgehead atoms. The SMILES string of the molecule is O=C(c1c[nH]c2ccccc12)N1CCS[C@@H](c2cccs2)CC1. The van der Waals surface area contributed by atoms with Crippen molar-refractivity contribution >= 4 is 39.9 Å². The average molecular weight is 342 g/mol. The molecule has 1 N–H and O–H groups in total. The number of para-hydroxylation sites is 1. The number of hydrogen-bond acceptors (Lipinski definition) is 3. The summed E-state index contributed by atoms with van der Waals surface area (Å²) >= 11 is 3.79. The number of carbonyl (C=O) groups excluding carboxylic acids is 1. The maximum absolute atomic E-state index is 12.9. The molecule has 1 aliphatic rings. The molecule has 4 rings (SSSR count). The molecule has 1 aromatic carbocycles. The fourth-order valence-electron chi connectivity index (χ4n) is 3.09. The lowest BCUT2D eigenvalue weighted by molar-refractivity contribution is 0.0768. The smallest absolute Gasteiger partial charge is 0.256 e. The van der Waals surface area contributed by atoms with Crippen LogP contribution in [0.1, 0.15) is 26.9 Å². The molecule has 118 valence electrons. The second kappa shape index (κ2) is 6.42. The number of H-pyrrole nitrogens is 1. The van der Waals surface area contributed by atoms with Crippen LogP contribution in [-0.4, -0.2) is 34.6 Å². The van der Waals surface area contributed by atoms with Crippen LogP contribution in [0, 0.1) is 0 Å². The molecule has 1 atom stereocenters. The summed E-state index contributed by atoms with van der Waals surface area (Å²) in [5, 5.41) is 3.68. The van der Waals surface area contributed by atoms with Crippen LogP contribution < -0.4 is 0 Å². The predicted molar refractivity (Wildman–Crippen MR) is 98.3 cm³/mol. The van der Waals surface area contributed by atoms with Crippen molar-refractivity contribution in [1.82, 2.24) is 9.88 Å². The molecule has 0 saturated carbocycles. The van der Waals surface area contributed by atoms with Gasteiger partial charge in [0.2, 0.25) is 0 Å². The van der Waals surface area contributed by atoms with Crippen molar-refractivity contribution in [3.8, 4) is 0 Å². The maximum atomic E-state index is 12.9. The number of rotatable bonds is 2. The molecule has 2 aromatic heterocycles. The van der Waals surface area contributed by atoms with Crippen molar-refractivity contribution in [3.05, 3.63) is 58.4 Å². The molecular formula is C18H18N2OS2. The van der Waals surface area contributed by atoms with Crippen molar-refractivity contribution in [2.45, 2.75) is 11.7 Å². The Labute approximate surface area is 143 Å². The van der Waals surface area contributed by atoms with Gasteiger partial charge in [-0.25, -0.2) is 0 Å².